The first-order valence-electron chi connectivity index (χ1n) is 22.1. The van der Waals surface area contributed by atoms with Gasteiger partial charge in [0.1, 0.15) is 18.0 Å². The number of aliphatic imine (C=N–C) groups is 1. The summed E-state index contributed by atoms with van der Waals surface area (Å²) < 4.78 is 0. The van der Waals surface area contributed by atoms with Gasteiger partial charge in [-0.2, -0.15) is 0 Å². The molecule has 0 amide bonds. The molecule has 0 radical (unpaired) electrons. The van der Waals surface area contributed by atoms with Crippen molar-refractivity contribution in [2.75, 3.05) is 61.1 Å². The van der Waals surface area contributed by atoms with Crippen LogP contribution >= 0.6 is 0 Å². The predicted octanol–water partition coefficient (Wildman–Crippen LogP) is 10.2. The molecule has 60 heavy (non-hydrogen) atoms. The quantitative estimate of drug-likeness (QED) is 0.0956. The summed E-state index contributed by atoms with van der Waals surface area (Å²) >= 11 is 0. The van der Waals surface area contributed by atoms with E-state index in [0.717, 1.165) is 124 Å². The molecular weight excluding hydrogens is 741 g/mol. The molecule has 318 valence electrons. The number of pyridine rings is 1. The molecule has 2 saturated heterocycles. The van der Waals surface area contributed by atoms with Gasteiger partial charge in [0.05, 0.1) is 35.7 Å². The van der Waals surface area contributed by atoms with E-state index in [1.54, 1.807) is 6.33 Å². The molecule has 0 saturated carbocycles. The number of nitrogens with one attached hydrogen (secondary N) is 3. The molecule has 2 aliphatic rings. The number of aryl methyl sites for hydroxylation is 1. The molecule has 10 heteroatoms. The minimum atomic E-state index is -0.00672. The number of piperazine rings is 1. The van der Waals surface area contributed by atoms with E-state index in [2.05, 4.69) is 163 Å². The van der Waals surface area contributed by atoms with Crippen molar-refractivity contribution in [2.45, 2.75) is 94.0 Å². The van der Waals surface area contributed by atoms with Crippen LogP contribution < -0.4 is 25.8 Å². The Hall–Kier alpha value is -5.48. The Morgan fingerprint density at radius 2 is 1.65 bits per heavy atom. The van der Waals surface area contributed by atoms with E-state index >= 15 is 0 Å². The van der Waals surface area contributed by atoms with Gasteiger partial charge in [-0.1, -0.05) is 83.5 Å². The van der Waals surface area contributed by atoms with Crippen molar-refractivity contribution in [1.29, 1.82) is 0 Å². The van der Waals surface area contributed by atoms with E-state index in [9.17, 15) is 0 Å². The topological polar surface area (TPSA) is 96.8 Å². The Bertz CT molecular complexity index is 2110. The van der Waals surface area contributed by atoms with Crippen LogP contribution in [0.2, 0.25) is 0 Å². The lowest BCUT2D eigenvalue weighted by molar-refractivity contribution is 0.261. The number of nitrogens with zero attached hydrogens (tertiary/aromatic N) is 7. The van der Waals surface area contributed by atoms with Crippen LogP contribution in [0.3, 0.4) is 0 Å². The maximum Gasteiger partial charge on any atom is 0.135 e. The highest BCUT2D eigenvalue weighted by atomic mass is 15.3. The SMILES string of the molecule is C/C=C1/CCN(c2ccc(CCN3CCN(c4ccc(Nc5cc(-c6ccc(CNC(=C/C)/C(CCC)=N\C(=C/CC)C(C)(C)C)c(C)c6)ncn5)nc4)CC3)cc2)CN1. The van der Waals surface area contributed by atoms with Crippen molar-refractivity contribution in [2.24, 2.45) is 10.4 Å². The number of benzene rings is 2. The Balaban J connectivity index is 0.982. The molecule has 4 aromatic rings. The van der Waals surface area contributed by atoms with E-state index in [4.69, 9.17) is 9.98 Å². The Morgan fingerprint density at radius 3 is 2.28 bits per heavy atom. The highest BCUT2D eigenvalue weighted by Crippen LogP contribution is 2.29. The standard InChI is InChI=1S/C50H68N10/c1-9-13-45(56-47(14-10-2)50(6,7)8)44(12-4)51-33-40-18-17-39(31-37(40)5)46-32-49(54-35-53-46)57-48-22-21-43(34-52-48)59-29-27-58(28-30-59)25-23-38-15-19-42(20-16-38)60-26-24-41(11-3)55-36-60/h11-12,14-22,31-32,34-35,51,55H,9-10,13,23-30,33,36H2,1-8H3,(H,52,53,54,57)/b41-11-,44-12+,47-14-,56-45-. The predicted molar refractivity (Wildman–Crippen MR) is 253 cm³/mol. The summed E-state index contributed by atoms with van der Waals surface area (Å²) in [5.74, 6) is 1.47. The molecule has 4 heterocycles. The summed E-state index contributed by atoms with van der Waals surface area (Å²) in [5.41, 5.74) is 12.9. The van der Waals surface area contributed by atoms with Crippen molar-refractivity contribution in [3.05, 3.63) is 125 Å². The third kappa shape index (κ3) is 12.1. The fraction of sp³-hybridized carbons (Fsp3) is 0.440. The van der Waals surface area contributed by atoms with E-state index in [-0.39, 0.29) is 5.41 Å². The average Bonchev–Trinajstić information content (AvgIpc) is 3.26. The zero-order chi connectivity index (χ0) is 42.5. The molecule has 2 aromatic heterocycles. The van der Waals surface area contributed by atoms with Crippen molar-refractivity contribution < 1.29 is 0 Å². The lowest BCUT2D eigenvalue weighted by Gasteiger charge is -2.36. The maximum absolute atomic E-state index is 5.20. The third-order valence-electron chi connectivity index (χ3n) is 11.5. The van der Waals surface area contributed by atoms with Crippen LogP contribution in [-0.4, -0.2) is 71.5 Å². The van der Waals surface area contributed by atoms with Gasteiger partial charge >= 0.3 is 0 Å². The van der Waals surface area contributed by atoms with Gasteiger partial charge in [0.15, 0.2) is 0 Å². The number of rotatable bonds is 16. The van der Waals surface area contributed by atoms with Gasteiger partial charge in [-0.3, -0.25) is 9.89 Å². The summed E-state index contributed by atoms with van der Waals surface area (Å²) in [7, 11) is 0. The number of allylic oxidation sites excluding steroid dienone is 5. The molecule has 2 aliphatic heterocycles. The maximum atomic E-state index is 5.20. The molecule has 0 atom stereocenters. The second-order valence-electron chi connectivity index (χ2n) is 17.0. The minimum absolute atomic E-state index is 0.00672. The van der Waals surface area contributed by atoms with Crippen LogP contribution in [-0.2, 0) is 13.0 Å². The molecule has 0 unspecified atom stereocenters. The second-order valence-corrected chi connectivity index (χ2v) is 17.0. The lowest BCUT2D eigenvalue weighted by Crippen LogP contribution is -2.47. The summed E-state index contributed by atoms with van der Waals surface area (Å²) in [4.78, 5) is 26.5. The highest BCUT2D eigenvalue weighted by molar-refractivity contribution is 6.00. The zero-order valence-corrected chi connectivity index (χ0v) is 37.5. The largest absolute Gasteiger partial charge is 0.380 e. The Kier molecular flexibility index (Phi) is 15.5. The summed E-state index contributed by atoms with van der Waals surface area (Å²) in [6, 6.07) is 21.9. The Morgan fingerprint density at radius 1 is 0.867 bits per heavy atom. The molecule has 10 nitrogen and oxygen atoms in total. The lowest BCUT2D eigenvalue weighted by atomic mass is 9.91. The fourth-order valence-electron chi connectivity index (χ4n) is 7.80. The zero-order valence-electron chi connectivity index (χ0n) is 37.5. The van der Waals surface area contributed by atoms with E-state index in [1.807, 2.05) is 18.3 Å². The van der Waals surface area contributed by atoms with Gasteiger partial charge in [0.25, 0.3) is 0 Å². The molecule has 0 spiro atoms. The van der Waals surface area contributed by atoms with E-state index in [0.29, 0.717) is 5.82 Å². The molecule has 3 N–H and O–H groups in total. The van der Waals surface area contributed by atoms with Crippen molar-refractivity contribution >= 4 is 28.7 Å². The Labute approximate surface area is 360 Å². The second kappa shape index (κ2) is 21.2. The first kappa shape index (κ1) is 44.1. The van der Waals surface area contributed by atoms with Gasteiger partial charge in [-0.15, -0.1) is 0 Å². The molecule has 6 rings (SSSR count). The smallest absolute Gasteiger partial charge is 0.135 e. The van der Waals surface area contributed by atoms with Crippen LogP contribution in [0.4, 0.5) is 23.0 Å². The number of aromatic nitrogens is 3. The number of hydrogen-bond acceptors (Lipinski definition) is 10. The van der Waals surface area contributed by atoms with Crippen molar-refractivity contribution in [3.8, 4) is 11.3 Å². The molecule has 2 fully saturated rings. The molecular formula is C50H68N10. The fourth-order valence-corrected chi connectivity index (χ4v) is 7.80. The van der Waals surface area contributed by atoms with Gasteiger partial charge in [0.2, 0.25) is 0 Å². The summed E-state index contributed by atoms with van der Waals surface area (Å²) in [5, 5.41) is 10.6. The van der Waals surface area contributed by atoms with Crippen LogP contribution in [0.15, 0.2) is 113 Å². The van der Waals surface area contributed by atoms with Crippen LogP contribution in [0.5, 0.6) is 0 Å². The number of hydrogen-bond donors (Lipinski definition) is 3. The minimum Gasteiger partial charge on any atom is -0.380 e. The first-order valence-corrected chi connectivity index (χ1v) is 22.1. The van der Waals surface area contributed by atoms with Gasteiger partial charge in [0, 0.05) is 86.4 Å². The number of anilines is 4. The normalized spacial score (nSPS) is 16.6. The first-order chi connectivity index (χ1) is 29.1. The summed E-state index contributed by atoms with van der Waals surface area (Å²) in [6.45, 7) is 25.3. The van der Waals surface area contributed by atoms with Gasteiger partial charge < -0.3 is 25.8 Å². The van der Waals surface area contributed by atoms with Crippen LogP contribution in [0.25, 0.3) is 11.3 Å². The van der Waals surface area contributed by atoms with Gasteiger partial charge in [-0.05, 0) is 87.1 Å². The summed E-state index contributed by atoms with van der Waals surface area (Å²) in [6.07, 6.45) is 15.3. The third-order valence-corrected chi connectivity index (χ3v) is 11.5. The van der Waals surface area contributed by atoms with E-state index < -0.39 is 0 Å². The van der Waals surface area contributed by atoms with Crippen molar-refractivity contribution in [3.63, 3.8) is 0 Å². The van der Waals surface area contributed by atoms with Crippen LogP contribution in [0.1, 0.15) is 90.8 Å². The van der Waals surface area contributed by atoms with Crippen molar-refractivity contribution in [1.82, 2.24) is 30.5 Å². The van der Waals surface area contributed by atoms with Crippen LogP contribution in [0, 0.1) is 12.3 Å². The monoisotopic (exact) mass is 809 g/mol. The average molecular weight is 809 g/mol. The molecule has 2 aromatic carbocycles. The van der Waals surface area contributed by atoms with Gasteiger partial charge in [-0.25, -0.2) is 15.0 Å². The molecule has 0 aliphatic carbocycles. The van der Waals surface area contributed by atoms with E-state index in [1.165, 1.54) is 28.1 Å². The highest BCUT2D eigenvalue weighted by Gasteiger charge is 2.20. The molecule has 0 bridgehead atoms.